The number of aromatic nitrogens is 2. The van der Waals surface area contributed by atoms with Crippen LogP contribution in [0, 0.1) is 0 Å². The Labute approximate surface area is 118 Å². The zero-order chi connectivity index (χ0) is 14.1. The number of aryl methyl sites for hydroxylation is 1. The molecule has 1 aromatic heterocycles. The van der Waals surface area contributed by atoms with Gasteiger partial charge in [0.2, 0.25) is 0 Å². The minimum Gasteiger partial charge on any atom is -0.374 e. The molecule has 0 bridgehead atoms. The monoisotopic (exact) mass is 269 g/mol. The number of fused-ring (bicyclic) bond motifs is 1. The summed E-state index contributed by atoms with van der Waals surface area (Å²) in [5, 5.41) is 0. The fourth-order valence-electron chi connectivity index (χ4n) is 2.74. The average Bonchev–Trinajstić information content (AvgIpc) is 2.80. The van der Waals surface area contributed by atoms with E-state index in [1.165, 1.54) is 11.3 Å². The molecule has 0 unspecified atom stereocenters. The molecule has 1 aliphatic heterocycles. The molecule has 2 heterocycles. The topological polar surface area (TPSA) is 49.0 Å². The van der Waals surface area contributed by atoms with Crippen LogP contribution in [0.25, 0.3) is 11.4 Å². The summed E-state index contributed by atoms with van der Waals surface area (Å²) < 4.78 is 0. The Hall–Kier alpha value is -2.10. The highest BCUT2D eigenvalue weighted by Crippen LogP contribution is 2.30. The number of benzene rings is 1. The van der Waals surface area contributed by atoms with Crippen LogP contribution in [0.2, 0.25) is 0 Å². The van der Waals surface area contributed by atoms with Gasteiger partial charge in [0, 0.05) is 36.6 Å². The van der Waals surface area contributed by atoms with E-state index in [1.807, 2.05) is 6.07 Å². The van der Waals surface area contributed by atoms with Crippen molar-refractivity contribution < 1.29 is 0 Å². The summed E-state index contributed by atoms with van der Waals surface area (Å²) in [6.07, 6.45) is 2.88. The summed E-state index contributed by atoms with van der Waals surface area (Å²) in [4.78, 5) is 21.4. The number of anilines is 1. The quantitative estimate of drug-likeness (QED) is 0.930. The summed E-state index contributed by atoms with van der Waals surface area (Å²) in [6.45, 7) is 3.15. The first-order valence-corrected chi connectivity index (χ1v) is 7.12. The van der Waals surface area contributed by atoms with Gasteiger partial charge in [-0.3, -0.25) is 4.79 Å². The molecular formula is C16H19N3O. The average molecular weight is 269 g/mol. The summed E-state index contributed by atoms with van der Waals surface area (Å²) in [5.41, 5.74) is 4.39. The SMILES string of the molecule is CCCc1cc(=O)[nH]c(-c2ccc3c(c2)CCN3C)n1. The third kappa shape index (κ3) is 2.33. The lowest BCUT2D eigenvalue weighted by Gasteiger charge is -2.12. The zero-order valence-corrected chi connectivity index (χ0v) is 11.9. The maximum absolute atomic E-state index is 11.7. The van der Waals surface area contributed by atoms with E-state index in [0.717, 1.165) is 37.1 Å². The Kier molecular flexibility index (Phi) is 3.30. The number of H-pyrrole nitrogens is 1. The normalized spacial score (nSPS) is 13.6. The van der Waals surface area contributed by atoms with E-state index in [0.29, 0.717) is 5.82 Å². The van der Waals surface area contributed by atoms with Gasteiger partial charge in [-0.05, 0) is 36.6 Å². The van der Waals surface area contributed by atoms with Crippen LogP contribution >= 0.6 is 0 Å². The smallest absolute Gasteiger partial charge is 0.251 e. The van der Waals surface area contributed by atoms with Crippen molar-refractivity contribution in [2.24, 2.45) is 0 Å². The van der Waals surface area contributed by atoms with Crippen molar-refractivity contribution in [1.82, 2.24) is 9.97 Å². The summed E-state index contributed by atoms with van der Waals surface area (Å²) in [7, 11) is 2.10. The third-order valence-corrected chi connectivity index (χ3v) is 3.78. The van der Waals surface area contributed by atoms with Gasteiger partial charge in [0.05, 0.1) is 0 Å². The molecule has 4 nitrogen and oxygen atoms in total. The second-order valence-corrected chi connectivity index (χ2v) is 5.35. The van der Waals surface area contributed by atoms with E-state index in [1.54, 1.807) is 6.07 Å². The molecule has 0 radical (unpaired) electrons. The van der Waals surface area contributed by atoms with Gasteiger partial charge in [0.15, 0.2) is 0 Å². The first-order chi connectivity index (χ1) is 9.67. The molecular weight excluding hydrogens is 250 g/mol. The first-order valence-electron chi connectivity index (χ1n) is 7.12. The van der Waals surface area contributed by atoms with Crippen molar-refractivity contribution in [1.29, 1.82) is 0 Å². The molecule has 0 atom stereocenters. The maximum atomic E-state index is 11.7. The fourth-order valence-corrected chi connectivity index (χ4v) is 2.74. The molecule has 0 spiro atoms. The van der Waals surface area contributed by atoms with Crippen LogP contribution in [-0.4, -0.2) is 23.6 Å². The van der Waals surface area contributed by atoms with E-state index in [4.69, 9.17) is 0 Å². The van der Waals surface area contributed by atoms with E-state index in [9.17, 15) is 4.79 Å². The van der Waals surface area contributed by atoms with Gasteiger partial charge in [-0.15, -0.1) is 0 Å². The molecule has 1 aliphatic rings. The van der Waals surface area contributed by atoms with Crippen LogP contribution < -0.4 is 10.5 Å². The molecule has 2 aromatic rings. The summed E-state index contributed by atoms with van der Waals surface area (Å²) in [5.74, 6) is 0.679. The largest absolute Gasteiger partial charge is 0.374 e. The van der Waals surface area contributed by atoms with Crippen LogP contribution in [0.15, 0.2) is 29.1 Å². The highest BCUT2D eigenvalue weighted by molar-refractivity contribution is 5.66. The van der Waals surface area contributed by atoms with E-state index in [-0.39, 0.29) is 5.56 Å². The minimum absolute atomic E-state index is 0.0731. The van der Waals surface area contributed by atoms with Gasteiger partial charge in [-0.2, -0.15) is 0 Å². The van der Waals surface area contributed by atoms with E-state index >= 15 is 0 Å². The highest BCUT2D eigenvalue weighted by atomic mass is 16.1. The second kappa shape index (κ2) is 5.12. The van der Waals surface area contributed by atoms with Gasteiger partial charge < -0.3 is 9.88 Å². The van der Waals surface area contributed by atoms with Gasteiger partial charge >= 0.3 is 0 Å². The Balaban J connectivity index is 2.03. The lowest BCUT2D eigenvalue weighted by Crippen LogP contribution is -2.12. The number of nitrogens with one attached hydrogen (secondary N) is 1. The third-order valence-electron chi connectivity index (χ3n) is 3.78. The van der Waals surface area contributed by atoms with Gasteiger partial charge in [0.25, 0.3) is 5.56 Å². The van der Waals surface area contributed by atoms with Crippen LogP contribution in [0.3, 0.4) is 0 Å². The lowest BCUT2D eigenvalue weighted by molar-refractivity contribution is 0.869. The maximum Gasteiger partial charge on any atom is 0.251 e. The number of hydrogen-bond acceptors (Lipinski definition) is 3. The Morgan fingerprint density at radius 3 is 3.00 bits per heavy atom. The van der Waals surface area contributed by atoms with Crippen LogP contribution in [-0.2, 0) is 12.8 Å². The van der Waals surface area contributed by atoms with Gasteiger partial charge in [0.1, 0.15) is 5.82 Å². The molecule has 1 aromatic carbocycles. The Bertz CT molecular complexity index is 690. The second-order valence-electron chi connectivity index (χ2n) is 5.35. The van der Waals surface area contributed by atoms with Gasteiger partial charge in [-0.25, -0.2) is 4.98 Å². The van der Waals surface area contributed by atoms with Crippen LogP contribution in [0.5, 0.6) is 0 Å². The molecule has 0 amide bonds. The van der Waals surface area contributed by atoms with Crippen molar-refractivity contribution in [3.63, 3.8) is 0 Å². The van der Waals surface area contributed by atoms with E-state index in [2.05, 4.69) is 41.0 Å². The predicted molar refractivity (Wildman–Crippen MR) is 81.3 cm³/mol. The van der Waals surface area contributed by atoms with Crippen molar-refractivity contribution in [2.75, 3.05) is 18.5 Å². The van der Waals surface area contributed by atoms with Crippen LogP contribution in [0.4, 0.5) is 5.69 Å². The van der Waals surface area contributed by atoms with Crippen molar-refractivity contribution in [3.05, 3.63) is 45.9 Å². The molecule has 0 aliphatic carbocycles. The Morgan fingerprint density at radius 2 is 2.20 bits per heavy atom. The number of nitrogens with zero attached hydrogens (tertiary/aromatic N) is 2. The molecule has 0 saturated heterocycles. The molecule has 3 rings (SSSR count). The van der Waals surface area contributed by atoms with Gasteiger partial charge in [-0.1, -0.05) is 13.3 Å². The molecule has 4 heteroatoms. The number of rotatable bonds is 3. The van der Waals surface area contributed by atoms with Crippen molar-refractivity contribution in [3.8, 4) is 11.4 Å². The molecule has 20 heavy (non-hydrogen) atoms. The summed E-state index contributed by atoms with van der Waals surface area (Å²) >= 11 is 0. The first kappa shape index (κ1) is 12.9. The van der Waals surface area contributed by atoms with Crippen molar-refractivity contribution in [2.45, 2.75) is 26.2 Å². The van der Waals surface area contributed by atoms with E-state index < -0.39 is 0 Å². The molecule has 1 N–H and O–H groups in total. The summed E-state index contributed by atoms with van der Waals surface area (Å²) in [6, 6.07) is 7.89. The van der Waals surface area contributed by atoms with Crippen molar-refractivity contribution >= 4 is 5.69 Å². The fraction of sp³-hybridized carbons (Fsp3) is 0.375. The zero-order valence-electron chi connectivity index (χ0n) is 11.9. The molecule has 104 valence electrons. The Morgan fingerprint density at radius 1 is 1.35 bits per heavy atom. The molecule has 0 saturated carbocycles. The lowest BCUT2D eigenvalue weighted by atomic mass is 10.1. The number of likely N-dealkylation sites (N-methyl/N-ethyl adjacent to an activating group) is 1. The standard InChI is InChI=1S/C16H19N3O/c1-3-4-13-10-15(20)18-16(17-13)12-5-6-14-11(9-12)7-8-19(14)2/h5-6,9-10H,3-4,7-8H2,1-2H3,(H,17,18,20). The predicted octanol–water partition coefficient (Wildman–Crippen LogP) is 2.38. The minimum atomic E-state index is -0.0731. The highest BCUT2D eigenvalue weighted by Gasteiger charge is 2.16. The number of hydrogen-bond donors (Lipinski definition) is 1. The molecule has 0 fully saturated rings. The number of aromatic amines is 1. The van der Waals surface area contributed by atoms with Crippen LogP contribution in [0.1, 0.15) is 24.6 Å².